The highest BCUT2D eigenvalue weighted by Crippen LogP contribution is 2.28. The van der Waals surface area contributed by atoms with E-state index in [9.17, 15) is 4.79 Å². The second-order valence-corrected chi connectivity index (χ2v) is 5.78. The quantitative estimate of drug-likeness (QED) is 0.833. The molecule has 1 amide bonds. The third-order valence-corrected chi connectivity index (χ3v) is 4.44. The second-order valence-electron chi connectivity index (χ2n) is 5.78. The molecule has 6 heteroatoms. The summed E-state index contributed by atoms with van der Waals surface area (Å²) < 4.78 is 10.4. The molecule has 1 fully saturated rings. The van der Waals surface area contributed by atoms with E-state index in [-0.39, 0.29) is 24.4 Å². The molecule has 0 aromatic heterocycles. The maximum Gasteiger partial charge on any atom is 0.251 e. The molecule has 23 heavy (non-hydrogen) atoms. The molecule has 0 heterocycles. The van der Waals surface area contributed by atoms with Crippen LogP contribution < -0.4 is 20.5 Å². The minimum Gasteiger partial charge on any atom is -0.493 e. The number of rotatable bonds is 6. The molecule has 0 bridgehead atoms. The molecule has 0 aliphatic heterocycles. The van der Waals surface area contributed by atoms with E-state index < -0.39 is 0 Å². The summed E-state index contributed by atoms with van der Waals surface area (Å²) in [6, 6.07) is 5.22. The molecular weight excluding hydrogens is 316 g/mol. The van der Waals surface area contributed by atoms with Crippen molar-refractivity contribution in [3.8, 4) is 11.5 Å². The molecule has 1 aliphatic carbocycles. The molecule has 3 N–H and O–H groups in total. The average molecular weight is 343 g/mol. The van der Waals surface area contributed by atoms with Crippen LogP contribution in [-0.2, 0) is 0 Å². The lowest BCUT2D eigenvalue weighted by Gasteiger charge is -2.30. The maximum atomic E-state index is 12.5. The van der Waals surface area contributed by atoms with Gasteiger partial charge < -0.3 is 20.5 Å². The fourth-order valence-corrected chi connectivity index (χ4v) is 3.13. The van der Waals surface area contributed by atoms with Crippen LogP contribution in [-0.4, -0.2) is 32.7 Å². The Kier molecular flexibility index (Phi) is 8.20. The number of hydrogen-bond donors (Lipinski definition) is 2. The number of amides is 1. The molecule has 5 nitrogen and oxygen atoms in total. The van der Waals surface area contributed by atoms with Crippen molar-refractivity contribution in [2.75, 3.05) is 20.8 Å². The second kappa shape index (κ2) is 9.63. The number of methoxy groups -OCH3 is 2. The van der Waals surface area contributed by atoms with Gasteiger partial charge in [0.05, 0.1) is 14.2 Å². The van der Waals surface area contributed by atoms with Crippen molar-refractivity contribution < 1.29 is 14.3 Å². The molecule has 1 aromatic rings. The van der Waals surface area contributed by atoms with Crippen LogP contribution in [0, 0.1) is 5.92 Å². The van der Waals surface area contributed by atoms with Gasteiger partial charge in [-0.05, 0) is 37.0 Å². The zero-order valence-electron chi connectivity index (χ0n) is 13.8. The van der Waals surface area contributed by atoms with E-state index in [0.717, 1.165) is 12.8 Å². The van der Waals surface area contributed by atoms with Gasteiger partial charge in [0.2, 0.25) is 0 Å². The van der Waals surface area contributed by atoms with Crippen LogP contribution in [0.5, 0.6) is 11.5 Å². The lowest BCUT2D eigenvalue weighted by Crippen LogP contribution is -2.45. The highest BCUT2D eigenvalue weighted by atomic mass is 35.5. The van der Waals surface area contributed by atoms with Gasteiger partial charge in [-0.1, -0.05) is 19.3 Å². The van der Waals surface area contributed by atoms with Crippen LogP contribution >= 0.6 is 12.4 Å². The van der Waals surface area contributed by atoms with E-state index >= 15 is 0 Å². The van der Waals surface area contributed by atoms with Crippen molar-refractivity contribution in [3.63, 3.8) is 0 Å². The van der Waals surface area contributed by atoms with Crippen LogP contribution in [0.4, 0.5) is 0 Å². The summed E-state index contributed by atoms with van der Waals surface area (Å²) >= 11 is 0. The van der Waals surface area contributed by atoms with E-state index in [1.54, 1.807) is 32.4 Å². The smallest absolute Gasteiger partial charge is 0.251 e. The van der Waals surface area contributed by atoms with Crippen molar-refractivity contribution in [2.24, 2.45) is 11.7 Å². The minimum absolute atomic E-state index is 0. The molecule has 0 saturated heterocycles. The zero-order chi connectivity index (χ0) is 15.9. The van der Waals surface area contributed by atoms with Gasteiger partial charge >= 0.3 is 0 Å². The summed E-state index contributed by atoms with van der Waals surface area (Å²) in [7, 11) is 3.13. The predicted octanol–water partition coefficient (Wildman–Crippen LogP) is 2.76. The Bertz CT molecular complexity index is 505. The largest absolute Gasteiger partial charge is 0.493 e. The molecule has 1 atom stereocenters. The molecule has 130 valence electrons. The maximum absolute atomic E-state index is 12.5. The lowest BCUT2D eigenvalue weighted by atomic mass is 9.84. The van der Waals surface area contributed by atoms with Gasteiger partial charge in [0.15, 0.2) is 11.5 Å². The number of benzene rings is 1. The SMILES string of the molecule is COc1ccc(C(=O)NC(CN)C2CCCCC2)cc1OC.Cl. The topological polar surface area (TPSA) is 73.6 Å². The normalized spacial score (nSPS) is 16.1. The number of ether oxygens (including phenoxy) is 2. The van der Waals surface area contributed by atoms with Gasteiger partial charge in [0, 0.05) is 18.2 Å². The van der Waals surface area contributed by atoms with Crippen molar-refractivity contribution in [1.29, 1.82) is 0 Å². The molecule has 2 rings (SSSR count). The molecule has 1 saturated carbocycles. The summed E-state index contributed by atoms with van der Waals surface area (Å²) in [6.07, 6.45) is 6.04. The predicted molar refractivity (Wildman–Crippen MR) is 93.7 cm³/mol. The minimum atomic E-state index is -0.109. The van der Waals surface area contributed by atoms with Crippen molar-refractivity contribution >= 4 is 18.3 Å². The lowest BCUT2D eigenvalue weighted by molar-refractivity contribution is 0.0915. The number of halogens is 1. The van der Waals surface area contributed by atoms with Gasteiger partial charge in [-0.2, -0.15) is 0 Å². The fourth-order valence-electron chi connectivity index (χ4n) is 3.13. The van der Waals surface area contributed by atoms with Crippen molar-refractivity contribution in [2.45, 2.75) is 38.1 Å². The van der Waals surface area contributed by atoms with Crippen LogP contribution in [0.25, 0.3) is 0 Å². The first-order valence-corrected chi connectivity index (χ1v) is 7.92. The molecular formula is C17H27ClN2O3. The molecule has 1 aromatic carbocycles. The van der Waals surface area contributed by atoms with E-state index in [4.69, 9.17) is 15.2 Å². The monoisotopic (exact) mass is 342 g/mol. The number of nitrogens with two attached hydrogens (primary N) is 1. The fraction of sp³-hybridized carbons (Fsp3) is 0.588. The van der Waals surface area contributed by atoms with E-state index in [0.29, 0.717) is 29.5 Å². The summed E-state index contributed by atoms with van der Waals surface area (Å²) in [4.78, 5) is 12.5. The van der Waals surface area contributed by atoms with Gasteiger partial charge in [0.1, 0.15) is 0 Å². The Morgan fingerprint density at radius 2 is 1.87 bits per heavy atom. The number of nitrogens with one attached hydrogen (secondary N) is 1. The Morgan fingerprint density at radius 1 is 1.22 bits per heavy atom. The Hall–Kier alpha value is -1.46. The van der Waals surface area contributed by atoms with E-state index in [1.807, 2.05) is 0 Å². The summed E-state index contributed by atoms with van der Waals surface area (Å²) in [5.74, 6) is 1.55. The van der Waals surface area contributed by atoms with E-state index in [2.05, 4.69) is 5.32 Å². The summed E-state index contributed by atoms with van der Waals surface area (Å²) in [5.41, 5.74) is 6.43. The third-order valence-electron chi connectivity index (χ3n) is 4.44. The zero-order valence-corrected chi connectivity index (χ0v) is 14.7. The molecule has 0 radical (unpaired) electrons. The van der Waals surface area contributed by atoms with Gasteiger partial charge in [-0.25, -0.2) is 0 Å². The molecule has 1 unspecified atom stereocenters. The third kappa shape index (κ3) is 5.01. The summed E-state index contributed by atoms with van der Waals surface area (Å²) in [5, 5.41) is 3.08. The van der Waals surface area contributed by atoms with Crippen LogP contribution in [0.3, 0.4) is 0 Å². The first-order valence-electron chi connectivity index (χ1n) is 7.92. The van der Waals surface area contributed by atoms with Crippen molar-refractivity contribution in [1.82, 2.24) is 5.32 Å². The standard InChI is InChI=1S/C17H26N2O3.ClH/c1-21-15-9-8-13(10-16(15)22-2)17(20)19-14(11-18)12-6-4-3-5-7-12;/h8-10,12,14H,3-7,11,18H2,1-2H3,(H,19,20);1H. The summed E-state index contributed by atoms with van der Waals surface area (Å²) in [6.45, 7) is 0.476. The van der Waals surface area contributed by atoms with Gasteiger partial charge in [-0.3, -0.25) is 4.79 Å². The van der Waals surface area contributed by atoms with Crippen molar-refractivity contribution in [3.05, 3.63) is 23.8 Å². The van der Waals surface area contributed by atoms with E-state index in [1.165, 1.54) is 19.3 Å². The number of hydrogen-bond acceptors (Lipinski definition) is 4. The molecule has 1 aliphatic rings. The Morgan fingerprint density at radius 3 is 2.43 bits per heavy atom. The Balaban J connectivity index is 0.00000264. The van der Waals surface area contributed by atoms with Gasteiger partial charge in [0.25, 0.3) is 5.91 Å². The average Bonchev–Trinajstić information content (AvgIpc) is 2.59. The van der Waals surface area contributed by atoms with Crippen LogP contribution in [0.2, 0.25) is 0 Å². The highest BCUT2D eigenvalue weighted by molar-refractivity contribution is 5.95. The Labute approximate surface area is 144 Å². The highest BCUT2D eigenvalue weighted by Gasteiger charge is 2.24. The number of carbonyl (C=O) groups is 1. The number of carbonyl (C=O) groups excluding carboxylic acids is 1. The van der Waals surface area contributed by atoms with Crippen LogP contribution in [0.1, 0.15) is 42.5 Å². The van der Waals surface area contributed by atoms with Gasteiger partial charge in [-0.15, -0.1) is 12.4 Å². The first kappa shape index (κ1) is 19.6. The first-order chi connectivity index (χ1) is 10.7. The van der Waals surface area contributed by atoms with Crippen LogP contribution in [0.15, 0.2) is 18.2 Å². The molecule has 0 spiro atoms.